The molecule has 2 aromatic carbocycles. The lowest BCUT2D eigenvalue weighted by Gasteiger charge is -2.17. The molecule has 0 radical (unpaired) electrons. The Kier molecular flexibility index (Phi) is 7.37. The second-order valence-electron chi connectivity index (χ2n) is 7.12. The van der Waals surface area contributed by atoms with Crippen molar-refractivity contribution < 1.29 is 18.7 Å². The van der Waals surface area contributed by atoms with E-state index in [4.69, 9.17) is 4.74 Å². The Morgan fingerprint density at radius 1 is 1.16 bits per heavy atom. The molecule has 0 spiro atoms. The van der Waals surface area contributed by atoms with Crippen molar-refractivity contribution in [3.63, 3.8) is 0 Å². The van der Waals surface area contributed by atoms with Crippen LogP contribution in [-0.4, -0.2) is 54.2 Å². The molecule has 0 bridgehead atoms. The molecule has 162 valence electrons. The summed E-state index contributed by atoms with van der Waals surface area (Å²) in [6.45, 7) is 0.459. The zero-order valence-electron chi connectivity index (χ0n) is 17.5. The Hall–Kier alpha value is -3.68. The predicted octanol–water partition coefficient (Wildman–Crippen LogP) is 3.05. The number of benzene rings is 2. The normalized spacial score (nSPS) is 10.5. The number of likely N-dealkylation sites (N-methyl/N-ethyl adjacent to an activating group) is 1. The molecule has 0 fully saturated rings. The quantitative estimate of drug-likeness (QED) is 0.553. The number of hydrogen-bond acceptors (Lipinski definition) is 4. The lowest BCUT2D eigenvalue weighted by molar-refractivity contribution is -0.128. The third-order valence-corrected chi connectivity index (χ3v) is 4.87. The van der Waals surface area contributed by atoms with Crippen LogP contribution in [0.2, 0.25) is 0 Å². The first-order valence-corrected chi connectivity index (χ1v) is 9.92. The number of carbonyl (C=O) groups is 2. The van der Waals surface area contributed by atoms with Crippen LogP contribution >= 0.6 is 0 Å². The van der Waals surface area contributed by atoms with Gasteiger partial charge in [-0.1, -0.05) is 12.1 Å². The van der Waals surface area contributed by atoms with Gasteiger partial charge in [-0.05, 0) is 55.3 Å². The van der Waals surface area contributed by atoms with Crippen LogP contribution < -0.4 is 10.1 Å². The van der Waals surface area contributed by atoms with E-state index in [9.17, 15) is 14.0 Å². The van der Waals surface area contributed by atoms with Crippen molar-refractivity contribution in [1.82, 2.24) is 20.4 Å². The molecular formula is C23H25FN4O3. The SMILES string of the molecule is COc1ccc(C(=O)NCC(=O)N(C)CCCc2cc(-c3cccc(F)c3)n[nH]2)cc1. The van der Waals surface area contributed by atoms with Crippen LogP contribution in [-0.2, 0) is 11.2 Å². The Bertz CT molecular complexity index is 1030. The maximum absolute atomic E-state index is 13.4. The second kappa shape index (κ2) is 10.4. The maximum Gasteiger partial charge on any atom is 0.251 e. The number of carbonyl (C=O) groups excluding carboxylic acids is 2. The molecule has 2 amide bonds. The molecule has 0 saturated heterocycles. The summed E-state index contributed by atoms with van der Waals surface area (Å²) < 4.78 is 18.4. The Balaban J connectivity index is 1.41. The third kappa shape index (κ3) is 6.15. The number of nitrogens with zero attached hydrogens (tertiary/aromatic N) is 2. The molecule has 3 rings (SSSR count). The molecule has 8 heteroatoms. The van der Waals surface area contributed by atoms with Crippen molar-refractivity contribution in [2.75, 3.05) is 27.2 Å². The van der Waals surface area contributed by atoms with Crippen LogP contribution in [0.15, 0.2) is 54.6 Å². The number of aromatic amines is 1. The highest BCUT2D eigenvalue weighted by Crippen LogP contribution is 2.19. The molecule has 2 N–H and O–H groups in total. The molecule has 0 atom stereocenters. The number of hydrogen-bond donors (Lipinski definition) is 2. The van der Waals surface area contributed by atoms with Crippen LogP contribution in [0.3, 0.4) is 0 Å². The number of rotatable bonds is 9. The summed E-state index contributed by atoms with van der Waals surface area (Å²) in [6, 6.07) is 14.8. The number of amides is 2. The molecule has 1 aromatic heterocycles. The highest BCUT2D eigenvalue weighted by molar-refractivity contribution is 5.96. The fraction of sp³-hybridized carbons (Fsp3) is 0.261. The van der Waals surface area contributed by atoms with E-state index in [0.717, 1.165) is 12.1 Å². The van der Waals surface area contributed by atoms with Crippen LogP contribution in [0.4, 0.5) is 4.39 Å². The van der Waals surface area contributed by atoms with Gasteiger partial charge in [0.2, 0.25) is 5.91 Å². The molecule has 31 heavy (non-hydrogen) atoms. The van der Waals surface area contributed by atoms with E-state index in [2.05, 4.69) is 15.5 Å². The maximum atomic E-state index is 13.4. The van der Waals surface area contributed by atoms with Gasteiger partial charge in [0.25, 0.3) is 5.91 Å². The molecular weight excluding hydrogens is 399 g/mol. The summed E-state index contributed by atoms with van der Waals surface area (Å²) >= 11 is 0. The van der Waals surface area contributed by atoms with Crippen molar-refractivity contribution in [2.45, 2.75) is 12.8 Å². The lowest BCUT2D eigenvalue weighted by Crippen LogP contribution is -2.38. The molecule has 0 unspecified atom stereocenters. The van der Waals surface area contributed by atoms with Gasteiger partial charge in [-0.3, -0.25) is 14.7 Å². The summed E-state index contributed by atoms with van der Waals surface area (Å²) in [7, 11) is 3.26. The Morgan fingerprint density at radius 3 is 2.65 bits per heavy atom. The van der Waals surface area contributed by atoms with Gasteiger partial charge in [0.1, 0.15) is 11.6 Å². The fourth-order valence-corrected chi connectivity index (χ4v) is 3.05. The second-order valence-corrected chi connectivity index (χ2v) is 7.12. The first-order chi connectivity index (χ1) is 15.0. The number of ether oxygens (including phenoxy) is 1. The average Bonchev–Trinajstić information content (AvgIpc) is 3.26. The largest absolute Gasteiger partial charge is 0.497 e. The van der Waals surface area contributed by atoms with Gasteiger partial charge in [0.15, 0.2) is 0 Å². The fourth-order valence-electron chi connectivity index (χ4n) is 3.05. The van der Waals surface area contributed by atoms with Crippen LogP contribution in [0.25, 0.3) is 11.3 Å². The molecule has 7 nitrogen and oxygen atoms in total. The van der Waals surface area contributed by atoms with Crippen molar-refractivity contribution in [2.24, 2.45) is 0 Å². The van der Waals surface area contributed by atoms with E-state index in [0.29, 0.717) is 35.5 Å². The van der Waals surface area contributed by atoms with Crippen molar-refractivity contribution in [3.05, 3.63) is 71.7 Å². The molecule has 0 aliphatic heterocycles. The first-order valence-electron chi connectivity index (χ1n) is 9.92. The van der Waals surface area contributed by atoms with Gasteiger partial charge in [-0.15, -0.1) is 0 Å². The number of nitrogens with one attached hydrogen (secondary N) is 2. The first kappa shape index (κ1) is 22.0. The topological polar surface area (TPSA) is 87.3 Å². The van der Waals surface area contributed by atoms with Crippen LogP contribution in [0, 0.1) is 5.82 Å². The molecule has 0 aliphatic rings. The Labute approximate surface area is 180 Å². The van der Waals surface area contributed by atoms with Crippen LogP contribution in [0.5, 0.6) is 5.75 Å². The summed E-state index contributed by atoms with van der Waals surface area (Å²) in [5.41, 5.74) is 2.76. The average molecular weight is 424 g/mol. The number of halogens is 1. The molecule has 1 heterocycles. The zero-order valence-corrected chi connectivity index (χ0v) is 17.5. The highest BCUT2D eigenvalue weighted by atomic mass is 19.1. The molecule has 0 saturated carbocycles. The minimum atomic E-state index is -0.313. The van der Waals surface area contributed by atoms with Gasteiger partial charge in [-0.2, -0.15) is 5.10 Å². The lowest BCUT2D eigenvalue weighted by atomic mass is 10.1. The van der Waals surface area contributed by atoms with Crippen molar-refractivity contribution >= 4 is 11.8 Å². The smallest absolute Gasteiger partial charge is 0.251 e. The monoisotopic (exact) mass is 424 g/mol. The van der Waals surface area contributed by atoms with Crippen molar-refractivity contribution in [3.8, 4) is 17.0 Å². The summed E-state index contributed by atoms with van der Waals surface area (Å²) in [6.07, 6.45) is 1.41. The van der Waals surface area contributed by atoms with E-state index < -0.39 is 0 Å². The molecule has 0 aliphatic carbocycles. The number of aryl methyl sites for hydroxylation is 1. The van der Waals surface area contributed by atoms with Crippen LogP contribution in [0.1, 0.15) is 22.5 Å². The summed E-state index contributed by atoms with van der Waals surface area (Å²) in [4.78, 5) is 26.0. The minimum Gasteiger partial charge on any atom is -0.497 e. The van der Waals surface area contributed by atoms with Gasteiger partial charge >= 0.3 is 0 Å². The van der Waals surface area contributed by atoms with E-state index in [1.807, 2.05) is 6.07 Å². The van der Waals surface area contributed by atoms with Crippen molar-refractivity contribution in [1.29, 1.82) is 0 Å². The number of aromatic nitrogens is 2. The summed E-state index contributed by atoms with van der Waals surface area (Å²) in [5, 5.41) is 9.81. The predicted molar refractivity (Wildman–Crippen MR) is 115 cm³/mol. The van der Waals surface area contributed by atoms with Gasteiger partial charge in [-0.25, -0.2) is 4.39 Å². The van der Waals surface area contributed by atoms with Gasteiger partial charge < -0.3 is 15.0 Å². The highest BCUT2D eigenvalue weighted by Gasteiger charge is 2.12. The number of methoxy groups -OCH3 is 1. The summed E-state index contributed by atoms with van der Waals surface area (Å²) in [5.74, 6) is -0.132. The standard InChI is InChI=1S/C23H25FN4O3/c1-28(22(29)15-25-23(30)16-8-10-20(31-2)11-9-16)12-4-7-19-14-21(27-26-19)17-5-3-6-18(24)13-17/h3,5-6,8-11,13-14H,4,7,12,15H2,1-2H3,(H,25,30)(H,26,27). The number of H-pyrrole nitrogens is 1. The zero-order chi connectivity index (χ0) is 22.2. The Morgan fingerprint density at radius 2 is 1.94 bits per heavy atom. The molecule has 3 aromatic rings. The van der Waals surface area contributed by atoms with E-state index in [1.54, 1.807) is 55.5 Å². The van der Waals surface area contributed by atoms with E-state index in [1.165, 1.54) is 12.1 Å². The van der Waals surface area contributed by atoms with E-state index >= 15 is 0 Å². The van der Waals surface area contributed by atoms with Gasteiger partial charge in [0, 0.05) is 30.4 Å². The third-order valence-electron chi connectivity index (χ3n) is 4.87. The minimum absolute atomic E-state index is 0.0743. The van der Waals surface area contributed by atoms with Gasteiger partial charge in [0.05, 0.1) is 19.3 Å². The van der Waals surface area contributed by atoms with E-state index in [-0.39, 0.29) is 24.2 Å².